The highest BCUT2D eigenvalue weighted by Gasteiger charge is 2.23. The molecule has 0 radical (unpaired) electrons. The van der Waals surface area contributed by atoms with Crippen LogP contribution in [0.15, 0.2) is 12.1 Å². The van der Waals surface area contributed by atoms with Crippen molar-refractivity contribution in [3.05, 3.63) is 28.5 Å². The molecule has 4 nitrogen and oxygen atoms in total. The van der Waals surface area contributed by atoms with E-state index in [1.165, 1.54) is 0 Å². The molecule has 0 atom stereocenters. The summed E-state index contributed by atoms with van der Waals surface area (Å²) in [5.74, 6) is -0.210. The fraction of sp³-hybridized carbons (Fsp3) is 0.600. The van der Waals surface area contributed by atoms with Gasteiger partial charge in [-0.1, -0.05) is 32.4 Å². The Bertz CT molecular complexity index is 493. The number of carbonyl (C=O) groups is 1. The molecule has 20 heavy (non-hydrogen) atoms. The molecule has 2 N–H and O–H groups in total. The van der Waals surface area contributed by atoms with Crippen LogP contribution in [0.3, 0.4) is 0 Å². The zero-order valence-corrected chi connectivity index (χ0v) is 13.5. The molecule has 1 rings (SSSR count). The summed E-state index contributed by atoms with van der Waals surface area (Å²) in [6, 6.07) is 3.32. The second-order valence-electron chi connectivity index (χ2n) is 6.63. The molecule has 112 valence electrons. The van der Waals surface area contributed by atoms with Crippen LogP contribution in [0.5, 0.6) is 0 Å². The van der Waals surface area contributed by atoms with Crippen molar-refractivity contribution in [3.8, 4) is 0 Å². The van der Waals surface area contributed by atoms with Gasteiger partial charge < -0.3 is 10.4 Å². The molecular weight excluding hydrogens is 276 g/mol. The molecule has 5 heteroatoms. The van der Waals surface area contributed by atoms with Crippen molar-refractivity contribution in [1.29, 1.82) is 0 Å². The number of aliphatic hydroxyl groups excluding tert-OH is 1. The molecule has 1 amide bonds. The van der Waals surface area contributed by atoms with Gasteiger partial charge in [0.25, 0.3) is 5.91 Å². The van der Waals surface area contributed by atoms with Gasteiger partial charge in [0.1, 0.15) is 5.15 Å². The molecule has 0 aliphatic heterocycles. The van der Waals surface area contributed by atoms with E-state index in [4.69, 9.17) is 16.7 Å². The van der Waals surface area contributed by atoms with Gasteiger partial charge in [-0.15, -0.1) is 0 Å². The summed E-state index contributed by atoms with van der Waals surface area (Å²) in [6.45, 7) is 9.82. The van der Waals surface area contributed by atoms with Gasteiger partial charge in [0.2, 0.25) is 0 Å². The van der Waals surface area contributed by atoms with Gasteiger partial charge in [0.05, 0.1) is 0 Å². The van der Waals surface area contributed by atoms with Gasteiger partial charge in [-0.05, 0) is 32.4 Å². The monoisotopic (exact) mass is 298 g/mol. The summed E-state index contributed by atoms with van der Waals surface area (Å²) >= 11 is 6.00. The minimum atomic E-state index is -0.469. The van der Waals surface area contributed by atoms with Gasteiger partial charge in [-0.3, -0.25) is 4.79 Å². The van der Waals surface area contributed by atoms with E-state index in [1.807, 2.05) is 34.6 Å². The van der Waals surface area contributed by atoms with E-state index >= 15 is 0 Å². The van der Waals surface area contributed by atoms with Crippen molar-refractivity contribution in [1.82, 2.24) is 10.3 Å². The SMILES string of the molecule is CC(C)(CCO)NC(=O)c1cc(Cl)nc(C(C)(C)C)c1. The van der Waals surface area contributed by atoms with Crippen molar-refractivity contribution in [2.45, 2.75) is 52.0 Å². The van der Waals surface area contributed by atoms with Crippen LogP contribution in [0.2, 0.25) is 5.15 Å². The predicted octanol–water partition coefficient (Wildman–Crippen LogP) is 2.92. The summed E-state index contributed by atoms with van der Waals surface area (Å²) in [5, 5.41) is 12.2. The highest BCUT2D eigenvalue weighted by Crippen LogP contribution is 2.23. The summed E-state index contributed by atoms with van der Waals surface area (Å²) in [5.41, 5.74) is 0.611. The van der Waals surface area contributed by atoms with Gasteiger partial charge in [0, 0.05) is 28.8 Å². The summed E-state index contributed by atoms with van der Waals surface area (Å²) in [4.78, 5) is 16.6. The number of pyridine rings is 1. The molecule has 0 spiro atoms. The van der Waals surface area contributed by atoms with Crippen molar-refractivity contribution in [3.63, 3.8) is 0 Å². The first-order valence-electron chi connectivity index (χ1n) is 6.66. The number of carbonyl (C=O) groups excluding carboxylic acids is 1. The lowest BCUT2D eigenvalue weighted by atomic mass is 9.90. The second-order valence-corrected chi connectivity index (χ2v) is 7.01. The van der Waals surface area contributed by atoms with Crippen LogP contribution >= 0.6 is 11.6 Å². The average molecular weight is 299 g/mol. The number of amides is 1. The maximum atomic E-state index is 12.3. The molecule has 0 saturated carbocycles. The molecule has 1 aromatic heterocycles. The zero-order chi connectivity index (χ0) is 15.6. The third-order valence-corrected chi connectivity index (χ3v) is 3.21. The molecule has 0 aliphatic rings. The Balaban J connectivity index is 3.02. The van der Waals surface area contributed by atoms with E-state index in [-0.39, 0.29) is 17.9 Å². The Morgan fingerprint density at radius 2 is 1.90 bits per heavy atom. The molecule has 0 aromatic carbocycles. The Labute approximate surface area is 125 Å². The topological polar surface area (TPSA) is 62.2 Å². The van der Waals surface area contributed by atoms with Crippen LogP contribution < -0.4 is 5.32 Å². The first-order valence-corrected chi connectivity index (χ1v) is 7.04. The van der Waals surface area contributed by atoms with E-state index in [9.17, 15) is 4.79 Å². The van der Waals surface area contributed by atoms with Crippen LogP contribution in [0.1, 0.15) is 57.1 Å². The Kier molecular flexibility index (Phi) is 5.16. The van der Waals surface area contributed by atoms with E-state index in [0.29, 0.717) is 17.1 Å². The number of halogens is 1. The lowest BCUT2D eigenvalue weighted by Crippen LogP contribution is -2.44. The Hall–Kier alpha value is -1.13. The van der Waals surface area contributed by atoms with Gasteiger partial charge in [-0.25, -0.2) is 4.98 Å². The summed E-state index contributed by atoms with van der Waals surface area (Å²) in [6.07, 6.45) is 0.490. The number of rotatable bonds is 4. The largest absolute Gasteiger partial charge is 0.396 e. The predicted molar refractivity (Wildman–Crippen MR) is 81.2 cm³/mol. The molecule has 0 unspecified atom stereocenters. The number of nitrogens with one attached hydrogen (secondary N) is 1. The minimum absolute atomic E-state index is 0.0254. The van der Waals surface area contributed by atoms with Crippen molar-refractivity contribution < 1.29 is 9.90 Å². The second kappa shape index (κ2) is 6.10. The van der Waals surface area contributed by atoms with Gasteiger partial charge in [-0.2, -0.15) is 0 Å². The lowest BCUT2D eigenvalue weighted by Gasteiger charge is -2.26. The maximum absolute atomic E-state index is 12.3. The number of aliphatic hydroxyl groups is 1. The number of hydrogen-bond donors (Lipinski definition) is 2. The third kappa shape index (κ3) is 4.76. The Morgan fingerprint density at radius 3 is 2.40 bits per heavy atom. The number of nitrogens with zero attached hydrogens (tertiary/aromatic N) is 1. The van der Waals surface area contributed by atoms with Crippen molar-refractivity contribution in [2.24, 2.45) is 0 Å². The van der Waals surface area contributed by atoms with E-state index in [2.05, 4.69) is 10.3 Å². The standard InChI is InChI=1S/C15H23ClN2O2/c1-14(2,3)11-8-10(9-12(16)17-11)13(20)18-15(4,5)6-7-19/h8-9,19H,6-7H2,1-5H3,(H,18,20). The minimum Gasteiger partial charge on any atom is -0.396 e. The first kappa shape index (κ1) is 16.9. The maximum Gasteiger partial charge on any atom is 0.251 e. The summed E-state index contributed by atoms with van der Waals surface area (Å²) < 4.78 is 0. The van der Waals surface area contributed by atoms with Gasteiger partial charge in [0.15, 0.2) is 0 Å². The van der Waals surface area contributed by atoms with Crippen molar-refractivity contribution in [2.75, 3.05) is 6.61 Å². The molecule has 0 bridgehead atoms. The van der Waals surface area contributed by atoms with E-state index in [1.54, 1.807) is 12.1 Å². The molecule has 1 aromatic rings. The van der Waals surface area contributed by atoms with Crippen LogP contribution in [0, 0.1) is 0 Å². The highest BCUT2D eigenvalue weighted by atomic mass is 35.5. The molecule has 0 aliphatic carbocycles. The number of aromatic nitrogens is 1. The molecule has 0 saturated heterocycles. The van der Waals surface area contributed by atoms with Crippen LogP contribution in [-0.4, -0.2) is 28.1 Å². The molecular formula is C15H23ClN2O2. The Morgan fingerprint density at radius 1 is 1.30 bits per heavy atom. The van der Waals surface area contributed by atoms with Crippen LogP contribution in [-0.2, 0) is 5.41 Å². The van der Waals surface area contributed by atoms with Crippen LogP contribution in [0.25, 0.3) is 0 Å². The first-order chi connectivity index (χ1) is 9.05. The smallest absolute Gasteiger partial charge is 0.251 e. The van der Waals surface area contributed by atoms with E-state index in [0.717, 1.165) is 5.69 Å². The third-order valence-electron chi connectivity index (χ3n) is 3.01. The quantitative estimate of drug-likeness (QED) is 0.840. The number of hydrogen-bond acceptors (Lipinski definition) is 3. The highest BCUT2D eigenvalue weighted by molar-refractivity contribution is 6.29. The molecule has 1 heterocycles. The van der Waals surface area contributed by atoms with Crippen molar-refractivity contribution >= 4 is 17.5 Å². The summed E-state index contributed by atoms with van der Waals surface area (Å²) in [7, 11) is 0. The molecule has 0 fully saturated rings. The fourth-order valence-electron chi connectivity index (χ4n) is 1.73. The lowest BCUT2D eigenvalue weighted by molar-refractivity contribution is 0.0899. The zero-order valence-electron chi connectivity index (χ0n) is 12.7. The normalized spacial score (nSPS) is 12.3. The van der Waals surface area contributed by atoms with E-state index < -0.39 is 5.54 Å². The van der Waals surface area contributed by atoms with Crippen LogP contribution in [0.4, 0.5) is 0 Å². The van der Waals surface area contributed by atoms with Gasteiger partial charge >= 0.3 is 0 Å². The average Bonchev–Trinajstić information content (AvgIpc) is 2.26. The fourth-order valence-corrected chi connectivity index (χ4v) is 1.94.